The number of halogens is 2. The van der Waals surface area contributed by atoms with Crippen LogP contribution >= 0.6 is 23.2 Å². The average molecular weight is 286 g/mol. The molecule has 1 N–H and O–H groups in total. The molecule has 18 heavy (non-hydrogen) atoms. The molecule has 1 aromatic carbocycles. The number of rotatable bonds is 6. The molecular formula is C15H21Cl2N. The summed E-state index contributed by atoms with van der Waals surface area (Å²) < 4.78 is 0. The van der Waals surface area contributed by atoms with Gasteiger partial charge in [-0.2, -0.15) is 0 Å². The van der Waals surface area contributed by atoms with E-state index in [0.717, 1.165) is 25.4 Å². The van der Waals surface area contributed by atoms with Crippen LogP contribution in [0, 0.1) is 5.41 Å². The zero-order valence-corrected chi connectivity index (χ0v) is 12.6. The number of benzene rings is 1. The molecule has 1 saturated carbocycles. The summed E-state index contributed by atoms with van der Waals surface area (Å²) in [6.45, 7) is 5.67. The molecule has 2 rings (SSSR count). The largest absolute Gasteiger partial charge is 0.313 e. The lowest BCUT2D eigenvalue weighted by molar-refractivity contribution is 0.289. The molecule has 1 atom stereocenters. The van der Waals surface area contributed by atoms with Crippen LogP contribution in [0.1, 0.15) is 38.7 Å². The van der Waals surface area contributed by atoms with Crippen molar-refractivity contribution in [1.29, 1.82) is 0 Å². The zero-order chi connectivity index (χ0) is 13.2. The van der Waals surface area contributed by atoms with E-state index in [1.165, 1.54) is 18.4 Å². The quantitative estimate of drug-likeness (QED) is 0.799. The molecular weight excluding hydrogens is 265 g/mol. The van der Waals surface area contributed by atoms with Crippen LogP contribution in [0.25, 0.3) is 0 Å². The van der Waals surface area contributed by atoms with Crippen LogP contribution in [-0.4, -0.2) is 12.6 Å². The van der Waals surface area contributed by atoms with Gasteiger partial charge in [0.05, 0.1) is 10.0 Å². The molecule has 0 spiro atoms. The minimum Gasteiger partial charge on any atom is -0.313 e. The van der Waals surface area contributed by atoms with E-state index in [0.29, 0.717) is 15.5 Å². The highest BCUT2D eigenvalue weighted by molar-refractivity contribution is 6.42. The highest BCUT2D eigenvalue weighted by Crippen LogP contribution is 2.30. The minimum absolute atomic E-state index is 0.291. The third-order valence-electron chi connectivity index (χ3n) is 3.86. The summed E-state index contributed by atoms with van der Waals surface area (Å²) in [5.74, 6) is 0. The summed E-state index contributed by atoms with van der Waals surface area (Å²) in [4.78, 5) is 0. The number of hydrogen-bond acceptors (Lipinski definition) is 1. The molecule has 3 heteroatoms. The van der Waals surface area contributed by atoms with Crippen LogP contribution in [-0.2, 0) is 6.42 Å². The Morgan fingerprint density at radius 1 is 1.28 bits per heavy atom. The van der Waals surface area contributed by atoms with Crippen molar-refractivity contribution < 1.29 is 0 Å². The molecule has 1 fully saturated rings. The fourth-order valence-corrected chi connectivity index (χ4v) is 2.45. The van der Waals surface area contributed by atoms with Crippen LogP contribution in [0.5, 0.6) is 0 Å². The maximum Gasteiger partial charge on any atom is 0.0595 e. The topological polar surface area (TPSA) is 12.0 Å². The first kappa shape index (κ1) is 14.2. The normalized spacial score (nSPS) is 18.7. The van der Waals surface area contributed by atoms with E-state index in [2.05, 4.69) is 25.2 Å². The van der Waals surface area contributed by atoms with E-state index in [-0.39, 0.29) is 0 Å². The summed E-state index contributed by atoms with van der Waals surface area (Å²) in [6.07, 6.45) is 4.88. The average Bonchev–Trinajstić information content (AvgIpc) is 3.16. The minimum atomic E-state index is 0.291. The van der Waals surface area contributed by atoms with E-state index in [1.807, 2.05) is 12.1 Å². The maximum atomic E-state index is 6.08. The van der Waals surface area contributed by atoms with Crippen molar-refractivity contribution in [2.45, 2.75) is 45.6 Å². The fraction of sp³-hybridized carbons (Fsp3) is 0.600. The van der Waals surface area contributed by atoms with Crippen LogP contribution in [0.4, 0.5) is 0 Å². The van der Waals surface area contributed by atoms with Crippen molar-refractivity contribution >= 4 is 23.2 Å². The smallest absolute Gasteiger partial charge is 0.0595 e. The predicted octanol–water partition coefficient (Wildman–Crippen LogP) is 4.70. The number of hydrogen-bond donors (Lipinski definition) is 1. The Morgan fingerprint density at radius 3 is 2.56 bits per heavy atom. The highest BCUT2D eigenvalue weighted by atomic mass is 35.5. The Morgan fingerprint density at radius 2 is 2.00 bits per heavy atom. The summed E-state index contributed by atoms with van der Waals surface area (Å²) in [7, 11) is 0. The summed E-state index contributed by atoms with van der Waals surface area (Å²) in [5, 5.41) is 4.92. The first-order valence-corrected chi connectivity index (χ1v) is 7.45. The Bertz CT molecular complexity index is 415. The van der Waals surface area contributed by atoms with Crippen molar-refractivity contribution in [3.05, 3.63) is 33.8 Å². The monoisotopic (exact) mass is 285 g/mol. The van der Waals surface area contributed by atoms with Gasteiger partial charge in [-0.15, -0.1) is 0 Å². The van der Waals surface area contributed by atoms with Crippen molar-refractivity contribution in [3.8, 4) is 0 Å². The van der Waals surface area contributed by atoms with Crippen molar-refractivity contribution in [2.24, 2.45) is 5.41 Å². The second kappa shape index (κ2) is 5.81. The summed E-state index contributed by atoms with van der Waals surface area (Å²) in [5.41, 5.74) is 1.56. The second-order valence-electron chi connectivity index (χ2n) is 5.74. The molecule has 1 aromatic rings. The molecule has 0 radical (unpaired) electrons. The van der Waals surface area contributed by atoms with Gasteiger partial charge in [0.25, 0.3) is 0 Å². The van der Waals surface area contributed by atoms with Crippen molar-refractivity contribution in [2.75, 3.05) is 6.54 Å². The Balaban J connectivity index is 2.00. The van der Waals surface area contributed by atoms with Gasteiger partial charge in [0.1, 0.15) is 0 Å². The molecule has 1 aliphatic rings. The van der Waals surface area contributed by atoms with Crippen LogP contribution in [0.3, 0.4) is 0 Å². The Labute approximate surface area is 120 Å². The number of nitrogens with one attached hydrogen (secondary N) is 1. The van der Waals surface area contributed by atoms with Gasteiger partial charge in [0.15, 0.2) is 0 Å². The SMILES string of the molecule is CCC(C)(CNC1CC1)Cc1ccc(Cl)c(Cl)c1. The van der Waals surface area contributed by atoms with Crippen LogP contribution in [0.2, 0.25) is 10.0 Å². The van der Waals surface area contributed by atoms with Gasteiger partial charge >= 0.3 is 0 Å². The summed E-state index contributed by atoms with van der Waals surface area (Å²) >= 11 is 12.0. The van der Waals surface area contributed by atoms with Gasteiger partial charge in [0, 0.05) is 12.6 Å². The molecule has 0 amide bonds. The van der Waals surface area contributed by atoms with E-state index in [1.54, 1.807) is 0 Å². The molecule has 0 aliphatic heterocycles. The van der Waals surface area contributed by atoms with Gasteiger partial charge in [-0.05, 0) is 48.8 Å². The van der Waals surface area contributed by atoms with Crippen molar-refractivity contribution in [3.63, 3.8) is 0 Å². The molecule has 0 heterocycles. The van der Waals surface area contributed by atoms with Gasteiger partial charge < -0.3 is 5.32 Å². The summed E-state index contributed by atoms with van der Waals surface area (Å²) in [6, 6.07) is 6.74. The molecule has 100 valence electrons. The first-order valence-electron chi connectivity index (χ1n) is 6.70. The van der Waals surface area contributed by atoms with E-state index >= 15 is 0 Å². The fourth-order valence-electron chi connectivity index (χ4n) is 2.13. The van der Waals surface area contributed by atoms with E-state index < -0.39 is 0 Å². The molecule has 1 nitrogen and oxygen atoms in total. The van der Waals surface area contributed by atoms with Crippen molar-refractivity contribution in [1.82, 2.24) is 5.32 Å². The van der Waals surface area contributed by atoms with Gasteiger partial charge in [-0.3, -0.25) is 0 Å². The van der Waals surface area contributed by atoms with Gasteiger partial charge in [0.2, 0.25) is 0 Å². The predicted molar refractivity (Wildman–Crippen MR) is 79.6 cm³/mol. The van der Waals surface area contributed by atoms with Gasteiger partial charge in [-0.25, -0.2) is 0 Å². The Kier molecular flexibility index (Phi) is 4.58. The second-order valence-corrected chi connectivity index (χ2v) is 6.56. The molecule has 1 unspecified atom stereocenters. The van der Waals surface area contributed by atoms with Gasteiger partial charge in [-0.1, -0.05) is 43.1 Å². The van der Waals surface area contributed by atoms with Crippen LogP contribution < -0.4 is 5.32 Å². The third-order valence-corrected chi connectivity index (χ3v) is 4.60. The van der Waals surface area contributed by atoms with Crippen LogP contribution in [0.15, 0.2) is 18.2 Å². The van der Waals surface area contributed by atoms with E-state index in [9.17, 15) is 0 Å². The third kappa shape index (κ3) is 3.88. The highest BCUT2D eigenvalue weighted by Gasteiger charge is 2.27. The van der Waals surface area contributed by atoms with E-state index in [4.69, 9.17) is 23.2 Å². The maximum absolute atomic E-state index is 6.08. The lowest BCUT2D eigenvalue weighted by atomic mass is 9.81. The molecule has 0 bridgehead atoms. The molecule has 0 aromatic heterocycles. The standard InChI is InChI=1S/C15H21Cl2N/c1-3-15(2,10-18-12-5-6-12)9-11-4-7-13(16)14(17)8-11/h4,7-8,12,18H,3,5-6,9-10H2,1-2H3. The zero-order valence-electron chi connectivity index (χ0n) is 11.1. The Hall–Kier alpha value is -0.240. The molecule has 1 aliphatic carbocycles. The molecule has 0 saturated heterocycles. The lowest BCUT2D eigenvalue weighted by Crippen LogP contribution is -2.34. The first-order chi connectivity index (χ1) is 8.52. The lowest BCUT2D eigenvalue weighted by Gasteiger charge is -2.29.